The number of hydrogen-bond donors (Lipinski definition) is 2. The number of imidazole rings is 1. The fourth-order valence-corrected chi connectivity index (χ4v) is 3.78. The summed E-state index contributed by atoms with van der Waals surface area (Å²) in [6.07, 6.45) is 11.4. The number of aromatic amines is 1. The first-order valence-electron chi connectivity index (χ1n) is 10.5. The highest BCUT2D eigenvalue weighted by atomic mass is 35.5. The molecular weight excluding hydrogens is 408 g/mol. The second kappa shape index (κ2) is 10.8. The number of unbranched alkanes of at least 4 members (excludes halogenated alkanes) is 2. The molecule has 6 nitrogen and oxygen atoms in total. The van der Waals surface area contributed by atoms with Crippen LogP contribution >= 0.6 is 12.4 Å². The van der Waals surface area contributed by atoms with Crippen LogP contribution in [0.1, 0.15) is 43.1 Å². The molecule has 2 aromatic heterocycles. The summed E-state index contributed by atoms with van der Waals surface area (Å²) < 4.78 is 1.93. The molecule has 0 radical (unpaired) electrons. The Morgan fingerprint density at radius 1 is 1.06 bits per heavy atom. The lowest BCUT2D eigenvalue weighted by atomic mass is 10.0. The van der Waals surface area contributed by atoms with E-state index in [0.29, 0.717) is 5.95 Å². The van der Waals surface area contributed by atoms with Gasteiger partial charge < -0.3 is 10.7 Å². The highest BCUT2D eigenvalue weighted by Gasteiger charge is 2.04. The number of aryl methyl sites for hydroxylation is 2. The summed E-state index contributed by atoms with van der Waals surface area (Å²) in [6.45, 7) is 2.89. The maximum Gasteiger partial charge on any atom is 0.197 e. The summed E-state index contributed by atoms with van der Waals surface area (Å²) in [5.41, 5.74) is 10.3. The maximum absolute atomic E-state index is 5.60. The van der Waals surface area contributed by atoms with E-state index in [4.69, 9.17) is 5.73 Å². The molecular formula is C24H29ClN6. The molecule has 0 saturated heterocycles. The fourth-order valence-electron chi connectivity index (χ4n) is 3.78. The average molecular weight is 437 g/mol. The predicted octanol–water partition coefficient (Wildman–Crippen LogP) is 5.22. The van der Waals surface area contributed by atoms with Crippen LogP contribution < -0.4 is 5.73 Å². The Morgan fingerprint density at radius 3 is 2.71 bits per heavy atom. The molecule has 162 valence electrons. The zero-order valence-electron chi connectivity index (χ0n) is 17.8. The number of nitrogen functional groups attached to an aromatic ring is 1. The van der Waals surface area contributed by atoms with Gasteiger partial charge in [-0.3, -0.25) is 0 Å². The minimum absolute atomic E-state index is 0. The lowest BCUT2D eigenvalue weighted by molar-refractivity contribution is 0.642. The highest BCUT2D eigenvalue weighted by Crippen LogP contribution is 2.21. The van der Waals surface area contributed by atoms with Crippen LogP contribution in [-0.2, 0) is 19.4 Å². The van der Waals surface area contributed by atoms with Crippen LogP contribution in [0, 0.1) is 0 Å². The molecule has 31 heavy (non-hydrogen) atoms. The van der Waals surface area contributed by atoms with Crippen LogP contribution in [0.5, 0.6) is 0 Å². The van der Waals surface area contributed by atoms with Gasteiger partial charge in [-0.05, 0) is 48.9 Å². The maximum atomic E-state index is 5.60. The number of nitrogens with zero attached hydrogens (tertiary/aromatic N) is 4. The van der Waals surface area contributed by atoms with Gasteiger partial charge >= 0.3 is 0 Å². The fraction of sp³-hybridized carbons (Fsp3) is 0.292. The Hall–Kier alpha value is -3.12. The molecule has 0 aliphatic carbocycles. The normalized spacial score (nSPS) is 11.6. The standard InChI is InChI=1S/C24H28N6.ClH/c1-18(14-20-10-7-9-19-8-5-6-13-23(19)20)16-30-17-22(28-29-30)12-4-2-3-11-21-15-26-24(25)27-21;/h5-10,13-15,17H,2-4,11-12,16H2,1H3,(H3,25,26,27);1H/b18-14+;. The molecule has 0 fully saturated rings. The third kappa shape index (κ3) is 6.18. The van der Waals surface area contributed by atoms with Gasteiger partial charge in [0.1, 0.15) is 0 Å². The Bertz CT molecular complexity index is 1140. The molecule has 0 spiro atoms. The van der Waals surface area contributed by atoms with Crippen LogP contribution in [0.25, 0.3) is 16.8 Å². The first kappa shape index (κ1) is 22.6. The van der Waals surface area contributed by atoms with Crippen molar-refractivity contribution in [3.05, 3.63) is 77.4 Å². The number of nitrogens with two attached hydrogens (primary N) is 1. The minimum Gasteiger partial charge on any atom is -0.369 e. The van der Waals surface area contributed by atoms with E-state index in [9.17, 15) is 0 Å². The van der Waals surface area contributed by atoms with Crippen molar-refractivity contribution in [2.45, 2.75) is 45.6 Å². The molecule has 7 heteroatoms. The number of halogens is 1. The molecule has 0 aliphatic rings. The van der Waals surface area contributed by atoms with Gasteiger partial charge in [0.25, 0.3) is 0 Å². The number of rotatable bonds is 9. The average Bonchev–Trinajstić information content (AvgIpc) is 3.36. The summed E-state index contributed by atoms with van der Waals surface area (Å²) in [6, 6.07) is 14.9. The largest absolute Gasteiger partial charge is 0.369 e. The summed E-state index contributed by atoms with van der Waals surface area (Å²) >= 11 is 0. The molecule has 0 aliphatic heterocycles. The summed E-state index contributed by atoms with van der Waals surface area (Å²) in [5.74, 6) is 0.492. The number of aromatic nitrogens is 5. The van der Waals surface area contributed by atoms with E-state index in [-0.39, 0.29) is 12.4 Å². The van der Waals surface area contributed by atoms with E-state index in [1.54, 1.807) is 0 Å². The number of benzene rings is 2. The molecule has 4 aromatic rings. The van der Waals surface area contributed by atoms with Crippen molar-refractivity contribution >= 4 is 35.2 Å². The molecule has 2 aromatic carbocycles. The minimum atomic E-state index is 0. The smallest absolute Gasteiger partial charge is 0.197 e. The molecule has 0 amide bonds. The Labute approximate surface area is 189 Å². The zero-order valence-corrected chi connectivity index (χ0v) is 18.6. The van der Waals surface area contributed by atoms with Gasteiger partial charge in [-0.1, -0.05) is 65.7 Å². The number of anilines is 1. The van der Waals surface area contributed by atoms with Gasteiger partial charge in [0.05, 0.1) is 18.4 Å². The topological polar surface area (TPSA) is 85.4 Å². The van der Waals surface area contributed by atoms with E-state index >= 15 is 0 Å². The summed E-state index contributed by atoms with van der Waals surface area (Å²) in [5, 5.41) is 11.2. The number of allylic oxidation sites excluding steroid dienone is 1. The van der Waals surface area contributed by atoms with Crippen molar-refractivity contribution in [2.24, 2.45) is 0 Å². The van der Waals surface area contributed by atoms with Gasteiger partial charge in [0.2, 0.25) is 0 Å². The van der Waals surface area contributed by atoms with E-state index in [2.05, 4.69) is 81.9 Å². The lowest BCUT2D eigenvalue weighted by Crippen LogP contribution is -1.99. The first-order chi connectivity index (χ1) is 14.7. The second-order valence-electron chi connectivity index (χ2n) is 7.82. The van der Waals surface area contributed by atoms with E-state index in [0.717, 1.165) is 50.0 Å². The zero-order chi connectivity index (χ0) is 20.8. The van der Waals surface area contributed by atoms with Crippen molar-refractivity contribution in [3.63, 3.8) is 0 Å². The second-order valence-corrected chi connectivity index (χ2v) is 7.82. The predicted molar refractivity (Wildman–Crippen MR) is 129 cm³/mol. The van der Waals surface area contributed by atoms with Crippen molar-refractivity contribution in [2.75, 3.05) is 5.73 Å². The van der Waals surface area contributed by atoms with Crippen molar-refractivity contribution in [3.8, 4) is 0 Å². The van der Waals surface area contributed by atoms with Gasteiger partial charge in [-0.25, -0.2) is 9.67 Å². The third-order valence-corrected chi connectivity index (χ3v) is 5.25. The number of hydrogen-bond acceptors (Lipinski definition) is 4. The quantitative estimate of drug-likeness (QED) is 0.352. The molecule has 0 unspecified atom stereocenters. The first-order valence-corrected chi connectivity index (χ1v) is 10.5. The molecule has 3 N–H and O–H groups in total. The van der Waals surface area contributed by atoms with Gasteiger partial charge in [0, 0.05) is 11.9 Å². The van der Waals surface area contributed by atoms with E-state index in [1.807, 2.05) is 10.9 Å². The Kier molecular flexibility index (Phi) is 7.84. The molecule has 0 bridgehead atoms. The van der Waals surface area contributed by atoms with Crippen LogP contribution in [0.3, 0.4) is 0 Å². The van der Waals surface area contributed by atoms with Gasteiger partial charge in [-0.15, -0.1) is 17.5 Å². The van der Waals surface area contributed by atoms with E-state index < -0.39 is 0 Å². The third-order valence-electron chi connectivity index (χ3n) is 5.25. The van der Waals surface area contributed by atoms with Crippen LogP contribution in [-0.4, -0.2) is 25.0 Å². The molecule has 4 rings (SSSR count). The number of nitrogens with one attached hydrogen (secondary N) is 1. The number of H-pyrrole nitrogens is 1. The SMILES string of the molecule is C/C(=C\c1cccc2ccccc12)Cn1cc(CCCCCc2cnc(N)[nH]2)nn1.Cl. The number of fused-ring (bicyclic) bond motifs is 1. The van der Waals surface area contributed by atoms with Crippen molar-refractivity contribution in [1.29, 1.82) is 0 Å². The lowest BCUT2D eigenvalue weighted by Gasteiger charge is -2.05. The van der Waals surface area contributed by atoms with Crippen LogP contribution in [0.2, 0.25) is 0 Å². The summed E-state index contributed by atoms with van der Waals surface area (Å²) in [7, 11) is 0. The summed E-state index contributed by atoms with van der Waals surface area (Å²) in [4.78, 5) is 7.10. The highest BCUT2D eigenvalue weighted by molar-refractivity contribution is 5.90. The van der Waals surface area contributed by atoms with Gasteiger partial charge in [-0.2, -0.15) is 0 Å². The van der Waals surface area contributed by atoms with Crippen LogP contribution in [0.4, 0.5) is 5.95 Å². The Morgan fingerprint density at radius 2 is 1.87 bits per heavy atom. The van der Waals surface area contributed by atoms with Crippen molar-refractivity contribution < 1.29 is 0 Å². The van der Waals surface area contributed by atoms with Gasteiger partial charge in [0.15, 0.2) is 5.95 Å². The molecule has 0 atom stereocenters. The van der Waals surface area contributed by atoms with Crippen molar-refractivity contribution in [1.82, 2.24) is 25.0 Å². The Balaban J connectivity index is 0.00000272. The molecule has 2 heterocycles. The molecule has 0 saturated carbocycles. The van der Waals surface area contributed by atoms with Crippen LogP contribution in [0.15, 0.2) is 60.4 Å². The van der Waals surface area contributed by atoms with E-state index in [1.165, 1.54) is 21.9 Å². The monoisotopic (exact) mass is 436 g/mol.